The Balaban J connectivity index is 4.06. The molecule has 5 nitrogen and oxygen atoms in total. The molecule has 0 aliphatic heterocycles. The highest BCUT2D eigenvalue weighted by Crippen LogP contribution is 2.06. The lowest BCUT2D eigenvalue weighted by Gasteiger charge is -2.25. The third-order valence-electron chi connectivity index (χ3n) is 1.62. The van der Waals surface area contributed by atoms with Crippen LogP contribution < -0.4 is 5.32 Å². The smallest absolute Gasteiger partial charge is 0.407 e. The maximum absolute atomic E-state index is 11.4. The minimum Gasteiger partial charge on any atom is -0.441 e. The summed E-state index contributed by atoms with van der Waals surface area (Å²) in [5.41, 5.74) is -0.313. The van der Waals surface area contributed by atoms with Gasteiger partial charge in [-0.2, -0.15) is 0 Å². The van der Waals surface area contributed by atoms with Crippen molar-refractivity contribution in [3.05, 3.63) is 0 Å². The summed E-state index contributed by atoms with van der Waals surface area (Å²) in [5.74, 6) is 0. The maximum atomic E-state index is 11.4. The van der Waals surface area contributed by atoms with E-state index in [4.69, 9.17) is 14.2 Å². The zero-order valence-electron chi connectivity index (χ0n) is 10.3. The molecule has 0 radical (unpaired) electrons. The molecule has 0 aliphatic carbocycles. The van der Waals surface area contributed by atoms with Gasteiger partial charge in [0.05, 0.1) is 0 Å². The van der Waals surface area contributed by atoms with Gasteiger partial charge in [0, 0.05) is 19.8 Å². The molecule has 0 rings (SSSR count). The predicted molar refractivity (Wildman–Crippen MR) is 56.6 cm³/mol. The highest BCUT2D eigenvalue weighted by molar-refractivity contribution is 5.68. The molecule has 0 aromatic heterocycles. The molecule has 5 heteroatoms. The third kappa shape index (κ3) is 6.30. The summed E-state index contributed by atoms with van der Waals surface area (Å²) in [5, 5.41) is 2.68. The normalized spacial score (nSPS) is 13.8. The number of ether oxygens (including phenoxy) is 3. The second-order valence-corrected chi connectivity index (χ2v) is 4.33. The van der Waals surface area contributed by atoms with Crippen LogP contribution in [0, 0.1) is 0 Å². The van der Waals surface area contributed by atoms with Crippen molar-refractivity contribution < 1.29 is 19.0 Å². The first-order chi connectivity index (χ1) is 6.80. The average Bonchev–Trinajstić information content (AvgIpc) is 2.02. The molecule has 1 atom stereocenters. The van der Waals surface area contributed by atoms with Gasteiger partial charge in [-0.1, -0.05) is 0 Å². The van der Waals surface area contributed by atoms with Crippen LogP contribution in [0.1, 0.15) is 27.7 Å². The van der Waals surface area contributed by atoms with Gasteiger partial charge in [0.25, 0.3) is 0 Å². The molecule has 1 amide bonds. The number of hydrogen-bond acceptors (Lipinski definition) is 4. The molecule has 1 unspecified atom stereocenters. The van der Waals surface area contributed by atoms with E-state index in [1.54, 1.807) is 6.92 Å². The van der Waals surface area contributed by atoms with E-state index in [-0.39, 0.29) is 5.54 Å². The van der Waals surface area contributed by atoms with Crippen LogP contribution in [-0.2, 0) is 14.2 Å². The molecule has 0 saturated heterocycles. The number of nitrogens with one attached hydrogen (secondary N) is 1. The van der Waals surface area contributed by atoms with Crippen LogP contribution in [0.3, 0.4) is 0 Å². The lowest BCUT2D eigenvalue weighted by Crippen LogP contribution is -2.44. The van der Waals surface area contributed by atoms with Gasteiger partial charge in [0.1, 0.15) is 0 Å². The van der Waals surface area contributed by atoms with Crippen molar-refractivity contribution in [3.8, 4) is 0 Å². The first-order valence-corrected chi connectivity index (χ1v) is 4.84. The predicted octanol–water partition coefficient (Wildman–Crippen LogP) is 1.52. The number of amides is 1. The molecule has 0 spiro atoms. The van der Waals surface area contributed by atoms with Gasteiger partial charge in [0.15, 0.2) is 12.4 Å². The van der Waals surface area contributed by atoms with Crippen molar-refractivity contribution in [1.29, 1.82) is 0 Å². The summed E-state index contributed by atoms with van der Waals surface area (Å²) in [7, 11) is 2.99. The summed E-state index contributed by atoms with van der Waals surface area (Å²) in [6.07, 6.45) is -1.48. The lowest BCUT2D eigenvalue weighted by molar-refractivity contribution is -0.159. The highest BCUT2D eigenvalue weighted by Gasteiger charge is 2.22. The van der Waals surface area contributed by atoms with Crippen LogP contribution in [-0.4, -0.2) is 38.2 Å². The molecule has 0 aromatic rings. The minimum atomic E-state index is -0.546. The summed E-state index contributed by atoms with van der Waals surface area (Å²) in [6.45, 7) is 7.34. The van der Waals surface area contributed by atoms with Gasteiger partial charge in [-0.25, -0.2) is 4.79 Å². The van der Waals surface area contributed by atoms with E-state index >= 15 is 0 Å². The van der Waals surface area contributed by atoms with Crippen molar-refractivity contribution in [2.75, 3.05) is 14.2 Å². The van der Waals surface area contributed by atoms with Crippen LogP contribution in [0.25, 0.3) is 0 Å². The van der Waals surface area contributed by atoms with Crippen LogP contribution in [0.4, 0.5) is 4.79 Å². The zero-order valence-corrected chi connectivity index (χ0v) is 10.3. The lowest BCUT2D eigenvalue weighted by atomic mass is 10.1. The Morgan fingerprint density at radius 2 is 1.67 bits per heavy atom. The summed E-state index contributed by atoms with van der Waals surface area (Å²) in [4.78, 5) is 11.4. The van der Waals surface area contributed by atoms with Gasteiger partial charge >= 0.3 is 6.09 Å². The zero-order chi connectivity index (χ0) is 12.1. The molecule has 0 aromatic carbocycles. The van der Waals surface area contributed by atoms with Crippen molar-refractivity contribution in [2.24, 2.45) is 0 Å². The van der Waals surface area contributed by atoms with Gasteiger partial charge in [0.2, 0.25) is 0 Å². The monoisotopic (exact) mass is 219 g/mol. The fourth-order valence-electron chi connectivity index (χ4n) is 1.04. The van der Waals surface area contributed by atoms with Crippen LogP contribution in [0.15, 0.2) is 0 Å². The molecule has 0 heterocycles. The highest BCUT2D eigenvalue weighted by atomic mass is 16.7. The van der Waals surface area contributed by atoms with Crippen molar-refractivity contribution in [3.63, 3.8) is 0 Å². The van der Waals surface area contributed by atoms with Crippen LogP contribution in [0.5, 0.6) is 0 Å². The number of carbonyl (C=O) groups excluding carboxylic acids is 1. The van der Waals surface area contributed by atoms with Crippen LogP contribution >= 0.6 is 0 Å². The molecule has 0 fully saturated rings. The number of hydrogen-bond donors (Lipinski definition) is 1. The Bertz CT molecular complexity index is 196. The SMILES string of the molecule is COC(OC)C(C)OC(=O)NC(C)(C)C. The Labute approximate surface area is 91.1 Å². The number of carbonyl (C=O) groups is 1. The van der Waals surface area contributed by atoms with E-state index in [1.165, 1.54) is 14.2 Å². The molecule has 0 aliphatic rings. The van der Waals surface area contributed by atoms with E-state index in [2.05, 4.69) is 5.32 Å². The minimum absolute atomic E-state index is 0.313. The van der Waals surface area contributed by atoms with E-state index in [0.29, 0.717) is 0 Å². The third-order valence-corrected chi connectivity index (χ3v) is 1.62. The molecule has 15 heavy (non-hydrogen) atoms. The molecule has 0 bridgehead atoms. The van der Waals surface area contributed by atoms with Gasteiger partial charge in [-0.05, 0) is 27.7 Å². The van der Waals surface area contributed by atoms with Crippen LogP contribution in [0.2, 0.25) is 0 Å². The van der Waals surface area contributed by atoms with E-state index in [9.17, 15) is 4.79 Å². The van der Waals surface area contributed by atoms with E-state index < -0.39 is 18.5 Å². The second kappa shape index (κ2) is 5.92. The first-order valence-electron chi connectivity index (χ1n) is 4.84. The Hall–Kier alpha value is -0.810. The standard InChI is InChI=1S/C10H21NO4/c1-7(8(13-5)14-6)15-9(12)11-10(2,3)4/h7-8H,1-6H3,(H,11,12). The van der Waals surface area contributed by atoms with Gasteiger partial charge < -0.3 is 19.5 Å². The van der Waals surface area contributed by atoms with Crippen molar-refractivity contribution in [1.82, 2.24) is 5.32 Å². The quantitative estimate of drug-likeness (QED) is 0.728. The number of methoxy groups -OCH3 is 2. The van der Waals surface area contributed by atoms with E-state index in [1.807, 2.05) is 20.8 Å². The van der Waals surface area contributed by atoms with E-state index in [0.717, 1.165) is 0 Å². The molecule has 90 valence electrons. The number of rotatable bonds is 4. The summed E-state index contributed by atoms with van der Waals surface area (Å²) >= 11 is 0. The maximum Gasteiger partial charge on any atom is 0.407 e. The summed E-state index contributed by atoms with van der Waals surface area (Å²) < 4.78 is 15.0. The van der Waals surface area contributed by atoms with Crippen molar-refractivity contribution in [2.45, 2.75) is 45.6 Å². The Kier molecular flexibility index (Phi) is 5.60. The first kappa shape index (κ1) is 14.2. The fourth-order valence-corrected chi connectivity index (χ4v) is 1.04. The van der Waals surface area contributed by atoms with Gasteiger partial charge in [-0.3, -0.25) is 0 Å². The van der Waals surface area contributed by atoms with Gasteiger partial charge in [-0.15, -0.1) is 0 Å². The molecular formula is C10H21NO4. The average molecular weight is 219 g/mol. The second-order valence-electron chi connectivity index (χ2n) is 4.33. The number of alkyl carbamates (subject to hydrolysis) is 1. The summed E-state index contributed by atoms with van der Waals surface area (Å²) in [6, 6.07) is 0. The molecule has 0 saturated carbocycles. The topological polar surface area (TPSA) is 56.8 Å². The Morgan fingerprint density at radius 3 is 2.00 bits per heavy atom. The largest absolute Gasteiger partial charge is 0.441 e. The molecular weight excluding hydrogens is 198 g/mol. The molecule has 1 N–H and O–H groups in total. The fraction of sp³-hybridized carbons (Fsp3) is 0.900. The Morgan fingerprint density at radius 1 is 1.20 bits per heavy atom. The van der Waals surface area contributed by atoms with Crippen molar-refractivity contribution >= 4 is 6.09 Å².